The quantitative estimate of drug-likeness (QED) is 0.533. The molecule has 5 nitrogen and oxygen atoms in total. The molecule has 0 bridgehead atoms. The van der Waals surface area contributed by atoms with Crippen LogP contribution in [0.25, 0.3) is 0 Å². The first-order valence-electron chi connectivity index (χ1n) is 3.19. The van der Waals surface area contributed by atoms with Gasteiger partial charge < -0.3 is 4.90 Å². The Morgan fingerprint density at radius 2 is 2.18 bits per heavy atom. The van der Waals surface area contributed by atoms with Gasteiger partial charge in [0.25, 0.3) is 5.56 Å². The zero-order valence-corrected chi connectivity index (χ0v) is 6.77. The van der Waals surface area contributed by atoms with Crippen LogP contribution in [0.4, 0.5) is 5.95 Å². The molecule has 0 radical (unpaired) electrons. The molecule has 1 aromatic rings. The molecule has 1 rings (SSSR count). The first-order valence-corrected chi connectivity index (χ1v) is 3.19. The summed E-state index contributed by atoms with van der Waals surface area (Å²) in [6.45, 7) is 0. The van der Waals surface area contributed by atoms with Gasteiger partial charge in [-0.2, -0.15) is 0 Å². The van der Waals surface area contributed by atoms with Crippen molar-refractivity contribution in [1.82, 2.24) is 14.8 Å². The van der Waals surface area contributed by atoms with Crippen molar-refractivity contribution in [3.05, 3.63) is 16.6 Å². The summed E-state index contributed by atoms with van der Waals surface area (Å²) in [7, 11) is 5.28. The van der Waals surface area contributed by atoms with Crippen molar-refractivity contribution in [3.63, 3.8) is 0 Å². The summed E-state index contributed by atoms with van der Waals surface area (Å²) in [6, 6.07) is 0. The number of hydrogen-bond donors (Lipinski definition) is 0. The summed E-state index contributed by atoms with van der Waals surface area (Å²) in [6.07, 6.45) is 1.19. The van der Waals surface area contributed by atoms with Gasteiger partial charge >= 0.3 is 0 Å². The van der Waals surface area contributed by atoms with Gasteiger partial charge in [0.2, 0.25) is 5.95 Å². The summed E-state index contributed by atoms with van der Waals surface area (Å²) in [5.41, 5.74) is -0.149. The maximum Gasteiger partial charge on any atom is 0.273 e. The number of aromatic nitrogens is 3. The highest BCUT2D eigenvalue weighted by Gasteiger charge is 2.01. The highest BCUT2D eigenvalue weighted by molar-refractivity contribution is 5.24. The summed E-state index contributed by atoms with van der Waals surface area (Å²) >= 11 is 0. The van der Waals surface area contributed by atoms with E-state index in [0.29, 0.717) is 5.95 Å². The molecule has 0 amide bonds. The van der Waals surface area contributed by atoms with Gasteiger partial charge in [-0.05, 0) is 0 Å². The predicted molar refractivity (Wildman–Crippen MR) is 41.6 cm³/mol. The number of rotatable bonds is 1. The lowest BCUT2D eigenvalue weighted by molar-refractivity contribution is 0.751. The van der Waals surface area contributed by atoms with Gasteiger partial charge in [-0.1, -0.05) is 0 Å². The molecule has 0 saturated heterocycles. The third-order valence-corrected chi connectivity index (χ3v) is 1.35. The van der Waals surface area contributed by atoms with Crippen LogP contribution in [0.5, 0.6) is 0 Å². The molecule has 0 aliphatic rings. The fourth-order valence-electron chi connectivity index (χ4n) is 0.772. The molecule has 0 atom stereocenters. The molecule has 0 aliphatic carbocycles. The van der Waals surface area contributed by atoms with Crippen molar-refractivity contribution in [2.75, 3.05) is 19.0 Å². The fourth-order valence-corrected chi connectivity index (χ4v) is 0.772. The van der Waals surface area contributed by atoms with Crippen molar-refractivity contribution in [3.8, 4) is 0 Å². The molecule has 60 valence electrons. The van der Waals surface area contributed by atoms with E-state index in [1.165, 1.54) is 10.8 Å². The minimum atomic E-state index is -0.149. The Bertz CT molecular complexity index is 304. The Hall–Kier alpha value is -1.39. The molecular formula is C6H10N4O. The van der Waals surface area contributed by atoms with Crippen LogP contribution in [-0.4, -0.2) is 28.9 Å². The smallest absolute Gasteiger partial charge is 0.273 e. The highest BCUT2D eigenvalue weighted by atomic mass is 16.1. The molecule has 0 aliphatic heterocycles. The van der Waals surface area contributed by atoms with Gasteiger partial charge in [-0.25, -0.2) is 0 Å². The topological polar surface area (TPSA) is 51.0 Å². The highest BCUT2D eigenvalue weighted by Crippen LogP contribution is 1.97. The molecule has 0 spiro atoms. The molecule has 1 aromatic heterocycles. The second-order valence-corrected chi connectivity index (χ2v) is 2.44. The lowest BCUT2D eigenvalue weighted by Crippen LogP contribution is -2.26. The Morgan fingerprint density at radius 3 is 2.64 bits per heavy atom. The van der Waals surface area contributed by atoms with E-state index in [9.17, 15) is 4.79 Å². The summed E-state index contributed by atoms with van der Waals surface area (Å²) in [4.78, 5) is 12.7. The molecule has 5 heteroatoms. The molecule has 0 fully saturated rings. The standard InChI is InChI=1S/C6H10N4O/c1-9(2)6-8-7-4-5(11)10(6)3/h4H,1-3H3. The molecule has 0 N–H and O–H groups in total. The molecule has 0 unspecified atom stereocenters. The second kappa shape index (κ2) is 2.69. The summed E-state index contributed by atoms with van der Waals surface area (Å²) in [5.74, 6) is 0.553. The Morgan fingerprint density at radius 1 is 1.55 bits per heavy atom. The van der Waals surface area contributed by atoms with E-state index < -0.39 is 0 Å². The first-order chi connectivity index (χ1) is 5.13. The van der Waals surface area contributed by atoms with Crippen LogP contribution in [0.15, 0.2) is 11.0 Å². The van der Waals surface area contributed by atoms with Crippen molar-refractivity contribution in [2.45, 2.75) is 0 Å². The van der Waals surface area contributed by atoms with Gasteiger partial charge in [0, 0.05) is 21.1 Å². The third-order valence-electron chi connectivity index (χ3n) is 1.35. The Labute approximate surface area is 64.3 Å². The van der Waals surface area contributed by atoms with Gasteiger partial charge in [0.1, 0.15) is 6.20 Å². The van der Waals surface area contributed by atoms with Gasteiger partial charge in [-0.3, -0.25) is 9.36 Å². The van der Waals surface area contributed by atoms with Crippen molar-refractivity contribution in [2.24, 2.45) is 7.05 Å². The van der Waals surface area contributed by atoms with Crippen LogP contribution < -0.4 is 10.5 Å². The van der Waals surface area contributed by atoms with E-state index in [1.54, 1.807) is 11.9 Å². The second-order valence-electron chi connectivity index (χ2n) is 2.44. The van der Waals surface area contributed by atoms with Crippen LogP contribution in [0.2, 0.25) is 0 Å². The molecular weight excluding hydrogens is 144 g/mol. The first kappa shape index (κ1) is 7.71. The minimum absolute atomic E-state index is 0.149. The minimum Gasteiger partial charge on any atom is -0.347 e. The lowest BCUT2D eigenvalue weighted by atomic mass is 10.7. The van der Waals surface area contributed by atoms with E-state index >= 15 is 0 Å². The number of anilines is 1. The van der Waals surface area contributed by atoms with Crippen LogP contribution in [-0.2, 0) is 7.05 Å². The van der Waals surface area contributed by atoms with Gasteiger partial charge in [0.15, 0.2) is 0 Å². The average molecular weight is 154 g/mol. The van der Waals surface area contributed by atoms with Crippen LogP contribution >= 0.6 is 0 Å². The lowest BCUT2D eigenvalue weighted by Gasteiger charge is -2.12. The fraction of sp³-hybridized carbons (Fsp3) is 0.500. The van der Waals surface area contributed by atoms with E-state index in [4.69, 9.17) is 0 Å². The van der Waals surface area contributed by atoms with Crippen LogP contribution in [0.3, 0.4) is 0 Å². The predicted octanol–water partition coefficient (Wildman–Crippen LogP) is -0.759. The van der Waals surface area contributed by atoms with E-state index in [1.807, 2.05) is 14.1 Å². The zero-order valence-electron chi connectivity index (χ0n) is 6.77. The van der Waals surface area contributed by atoms with E-state index in [2.05, 4.69) is 10.2 Å². The van der Waals surface area contributed by atoms with Gasteiger partial charge in [-0.15, -0.1) is 10.2 Å². The molecule has 1 heterocycles. The van der Waals surface area contributed by atoms with E-state index in [-0.39, 0.29) is 5.56 Å². The Kier molecular flexibility index (Phi) is 1.89. The Balaban J connectivity index is 3.28. The average Bonchev–Trinajstić information content (AvgIpc) is 1.94. The maximum absolute atomic E-state index is 11.0. The third kappa shape index (κ3) is 1.36. The summed E-state index contributed by atoms with van der Waals surface area (Å²) in [5, 5.41) is 7.32. The SMILES string of the molecule is CN(C)c1nncc(=O)n1C. The maximum atomic E-state index is 11.0. The molecule has 11 heavy (non-hydrogen) atoms. The van der Waals surface area contributed by atoms with Crippen molar-refractivity contribution >= 4 is 5.95 Å². The normalized spacial score (nSPS) is 9.73. The molecule has 0 saturated carbocycles. The molecule has 0 aromatic carbocycles. The van der Waals surface area contributed by atoms with Crippen molar-refractivity contribution < 1.29 is 0 Å². The van der Waals surface area contributed by atoms with Crippen LogP contribution in [0, 0.1) is 0 Å². The largest absolute Gasteiger partial charge is 0.347 e. The van der Waals surface area contributed by atoms with Gasteiger partial charge in [0.05, 0.1) is 0 Å². The monoisotopic (exact) mass is 154 g/mol. The van der Waals surface area contributed by atoms with Crippen LogP contribution in [0.1, 0.15) is 0 Å². The summed E-state index contributed by atoms with van der Waals surface area (Å²) < 4.78 is 1.44. The van der Waals surface area contributed by atoms with E-state index in [0.717, 1.165) is 0 Å². The number of hydrogen-bond acceptors (Lipinski definition) is 4. The number of nitrogens with zero attached hydrogens (tertiary/aromatic N) is 4. The zero-order chi connectivity index (χ0) is 8.43. The van der Waals surface area contributed by atoms with Crippen molar-refractivity contribution in [1.29, 1.82) is 0 Å².